The molecule has 0 saturated carbocycles. The monoisotopic (exact) mass is 396 g/mol. The zero-order valence-corrected chi connectivity index (χ0v) is 16.0. The van der Waals surface area contributed by atoms with Crippen LogP contribution in [-0.4, -0.2) is 38.3 Å². The number of hydrogen-bond donors (Lipinski definition) is 1. The molecular weight excluding hydrogens is 374 g/mol. The molecule has 0 fully saturated rings. The van der Waals surface area contributed by atoms with E-state index in [1.54, 1.807) is 38.1 Å². The minimum atomic E-state index is -3.50. The molecule has 0 bridgehead atoms. The fourth-order valence-electron chi connectivity index (χ4n) is 2.60. The van der Waals surface area contributed by atoms with Crippen LogP contribution in [-0.2, 0) is 16.4 Å². The average Bonchev–Trinajstić information content (AvgIpc) is 2.65. The molecule has 1 amide bonds. The summed E-state index contributed by atoms with van der Waals surface area (Å²) in [6.45, 7) is 4.64. The lowest BCUT2D eigenvalue weighted by Gasteiger charge is -2.18. The minimum Gasteiger partial charge on any atom is -0.352 e. The van der Waals surface area contributed by atoms with E-state index in [1.807, 2.05) is 0 Å². The first kappa shape index (κ1) is 21.0. The van der Waals surface area contributed by atoms with Crippen molar-refractivity contribution in [1.29, 1.82) is 0 Å². The van der Waals surface area contributed by atoms with E-state index in [1.165, 1.54) is 10.4 Å². The van der Waals surface area contributed by atoms with Crippen molar-refractivity contribution in [2.24, 2.45) is 0 Å². The number of rotatable bonds is 8. The average molecular weight is 396 g/mol. The molecule has 0 unspecified atom stereocenters. The Morgan fingerprint density at radius 2 is 1.63 bits per heavy atom. The second-order valence-electron chi connectivity index (χ2n) is 5.87. The van der Waals surface area contributed by atoms with Crippen LogP contribution in [0, 0.1) is 11.6 Å². The summed E-state index contributed by atoms with van der Waals surface area (Å²) in [6, 6.07) is 9.43. The molecule has 8 heteroatoms. The molecular formula is C19H22F2N2O3S. The Morgan fingerprint density at radius 1 is 1.00 bits per heavy atom. The van der Waals surface area contributed by atoms with Gasteiger partial charge in [-0.1, -0.05) is 26.0 Å². The van der Waals surface area contributed by atoms with Crippen LogP contribution in [0.25, 0.3) is 0 Å². The summed E-state index contributed by atoms with van der Waals surface area (Å²) in [5.41, 5.74) is 0.883. The Kier molecular flexibility index (Phi) is 7.04. The highest BCUT2D eigenvalue weighted by atomic mass is 32.2. The third-order valence-corrected chi connectivity index (χ3v) is 6.21. The number of benzene rings is 2. The van der Waals surface area contributed by atoms with Crippen LogP contribution in [0.1, 0.15) is 29.8 Å². The van der Waals surface area contributed by atoms with Crippen molar-refractivity contribution in [2.75, 3.05) is 19.6 Å². The van der Waals surface area contributed by atoms with E-state index in [0.717, 1.165) is 17.7 Å². The van der Waals surface area contributed by atoms with E-state index < -0.39 is 27.6 Å². The highest BCUT2D eigenvalue weighted by Gasteiger charge is 2.21. The first-order valence-electron chi connectivity index (χ1n) is 8.62. The van der Waals surface area contributed by atoms with Gasteiger partial charge < -0.3 is 5.32 Å². The Balaban J connectivity index is 1.95. The quantitative estimate of drug-likeness (QED) is 0.746. The van der Waals surface area contributed by atoms with Gasteiger partial charge in [0.2, 0.25) is 10.0 Å². The Hall–Kier alpha value is -2.32. The van der Waals surface area contributed by atoms with Crippen LogP contribution in [0.5, 0.6) is 0 Å². The van der Waals surface area contributed by atoms with E-state index in [9.17, 15) is 22.0 Å². The zero-order valence-electron chi connectivity index (χ0n) is 15.2. The van der Waals surface area contributed by atoms with Gasteiger partial charge in [-0.15, -0.1) is 0 Å². The molecule has 0 radical (unpaired) electrons. The summed E-state index contributed by atoms with van der Waals surface area (Å²) < 4.78 is 52.3. The molecule has 0 aliphatic heterocycles. The highest BCUT2D eigenvalue weighted by Crippen LogP contribution is 2.16. The lowest BCUT2D eigenvalue weighted by atomic mass is 10.1. The van der Waals surface area contributed by atoms with Crippen molar-refractivity contribution in [3.05, 3.63) is 65.2 Å². The summed E-state index contributed by atoms with van der Waals surface area (Å²) in [4.78, 5) is 12.2. The molecule has 27 heavy (non-hydrogen) atoms. The van der Waals surface area contributed by atoms with Crippen molar-refractivity contribution in [1.82, 2.24) is 9.62 Å². The fraction of sp³-hybridized carbons (Fsp3) is 0.316. The lowest BCUT2D eigenvalue weighted by Crippen LogP contribution is -2.30. The van der Waals surface area contributed by atoms with Crippen LogP contribution in [0.15, 0.2) is 47.4 Å². The maximum Gasteiger partial charge on any atom is 0.251 e. The van der Waals surface area contributed by atoms with E-state index in [4.69, 9.17) is 0 Å². The first-order chi connectivity index (χ1) is 12.8. The van der Waals surface area contributed by atoms with Gasteiger partial charge in [0.1, 0.15) is 0 Å². The largest absolute Gasteiger partial charge is 0.352 e. The van der Waals surface area contributed by atoms with Crippen LogP contribution < -0.4 is 5.32 Å². The van der Waals surface area contributed by atoms with Crippen LogP contribution in [0.3, 0.4) is 0 Å². The standard InChI is InChI=1S/C19H22F2N2O3S/c1-3-23(4-2)27(25,26)16-8-5-14(6-9-16)11-12-22-19(24)15-7-10-17(20)18(21)13-15/h5-10,13H,3-4,11-12H2,1-2H3,(H,22,24). The predicted molar refractivity (Wildman–Crippen MR) is 98.9 cm³/mol. The third-order valence-electron chi connectivity index (χ3n) is 4.15. The van der Waals surface area contributed by atoms with Crippen molar-refractivity contribution in [3.8, 4) is 0 Å². The maximum atomic E-state index is 13.2. The summed E-state index contributed by atoms with van der Waals surface area (Å²) in [7, 11) is -3.50. The third kappa shape index (κ3) is 5.11. The van der Waals surface area contributed by atoms with Crippen molar-refractivity contribution in [2.45, 2.75) is 25.2 Å². The van der Waals surface area contributed by atoms with Gasteiger partial charge in [-0.25, -0.2) is 17.2 Å². The number of hydrogen-bond acceptors (Lipinski definition) is 3. The van der Waals surface area contributed by atoms with E-state index in [0.29, 0.717) is 19.5 Å². The van der Waals surface area contributed by atoms with Gasteiger partial charge in [0.15, 0.2) is 11.6 Å². The van der Waals surface area contributed by atoms with Crippen LogP contribution >= 0.6 is 0 Å². The van der Waals surface area contributed by atoms with Gasteiger partial charge in [0.25, 0.3) is 5.91 Å². The molecule has 146 valence electrons. The molecule has 0 aromatic heterocycles. The number of nitrogens with one attached hydrogen (secondary N) is 1. The normalized spacial score (nSPS) is 11.6. The summed E-state index contributed by atoms with van der Waals surface area (Å²) in [6.07, 6.45) is 0.473. The van der Waals surface area contributed by atoms with Crippen LogP contribution in [0.4, 0.5) is 8.78 Å². The van der Waals surface area contributed by atoms with Gasteiger partial charge in [0, 0.05) is 25.2 Å². The molecule has 5 nitrogen and oxygen atoms in total. The lowest BCUT2D eigenvalue weighted by molar-refractivity contribution is 0.0953. The summed E-state index contributed by atoms with van der Waals surface area (Å²) in [5.74, 6) is -2.59. The smallest absolute Gasteiger partial charge is 0.251 e. The van der Waals surface area contributed by atoms with Crippen LogP contribution in [0.2, 0.25) is 0 Å². The topological polar surface area (TPSA) is 66.5 Å². The maximum absolute atomic E-state index is 13.2. The molecule has 2 rings (SSSR count). The molecule has 1 N–H and O–H groups in total. The Labute approximate surface area is 158 Å². The zero-order chi connectivity index (χ0) is 20.0. The van der Waals surface area contributed by atoms with E-state index in [2.05, 4.69) is 5.32 Å². The van der Waals surface area contributed by atoms with Crippen molar-refractivity contribution < 1.29 is 22.0 Å². The highest BCUT2D eigenvalue weighted by molar-refractivity contribution is 7.89. The van der Waals surface area contributed by atoms with E-state index >= 15 is 0 Å². The number of carbonyl (C=O) groups excluding carboxylic acids is 1. The van der Waals surface area contributed by atoms with Crippen molar-refractivity contribution >= 4 is 15.9 Å². The molecule has 0 atom stereocenters. The number of sulfonamides is 1. The first-order valence-corrected chi connectivity index (χ1v) is 10.1. The molecule has 2 aromatic carbocycles. The van der Waals surface area contributed by atoms with E-state index in [-0.39, 0.29) is 17.0 Å². The second-order valence-corrected chi connectivity index (χ2v) is 7.81. The fourth-order valence-corrected chi connectivity index (χ4v) is 4.06. The molecule has 0 saturated heterocycles. The molecule has 0 heterocycles. The summed E-state index contributed by atoms with van der Waals surface area (Å²) >= 11 is 0. The van der Waals surface area contributed by atoms with Gasteiger partial charge >= 0.3 is 0 Å². The Morgan fingerprint density at radius 3 is 2.19 bits per heavy atom. The molecule has 0 aliphatic carbocycles. The second kappa shape index (κ2) is 9.05. The molecule has 0 spiro atoms. The Bertz CT molecular complexity index is 896. The van der Waals surface area contributed by atoms with Gasteiger partial charge in [-0.05, 0) is 42.3 Å². The molecule has 0 aliphatic rings. The van der Waals surface area contributed by atoms with Gasteiger partial charge in [-0.3, -0.25) is 4.79 Å². The summed E-state index contributed by atoms with van der Waals surface area (Å²) in [5, 5.41) is 2.62. The number of nitrogens with zero attached hydrogens (tertiary/aromatic N) is 1. The SMILES string of the molecule is CCN(CC)S(=O)(=O)c1ccc(CCNC(=O)c2ccc(F)c(F)c2)cc1. The number of amides is 1. The van der Waals surface area contributed by atoms with Gasteiger partial charge in [0.05, 0.1) is 4.90 Å². The minimum absolute atomic E-state index is 0.0366. The number of carbonyl (C=O) groups is 1. The molecule has 2 aromatic rings. The van der Waals surface area contributed by atoms with Crippen molar-refractivity contribution in [3.63, 3.8) is 0 Å². The van der Waals surface area contributed by atoms with Gasteiger partial charge in [-0.2, -0.15) is 4.31 Å². The number of halogens is 2. The predicted octanol–water partition coefficient (Wildman–Crippen LogP) is 2.97.